The molecule has 0 saturated carbocycles. The van der Waals surface area contributed by atoms with Gasteiger partial charge in [-0.05, 0) is 64.1 Å². The maximum Gasteiger partial charge on any atom is 0.245 e. The Hall–Kier alpha value is -1.14. The molecule has 2 fully saturated rings. The molecule has 174 valence electrons. The lowest BCUT2D eigenvalue weighted by Gasteiger charge is -2.41. The van der Waals surface area contributed by atoms with Crippen molar-refractivity contribution >= 4 is 11.8 Å². The van der Waals surface area contributed by atoms with Crippen LogP contribution in [0.1, 0.15) is 73.6 Å². The van der Waals surface area contributed by atoms with E-state index in [1.807, 2.05) is 39.8 Å². The molecular weight excluding hydrogens is 376 g/mol. The fourth-order valence-corrected chi connectivity index (χ4v) is 4.95. The average Bonchev–Trinajstić information content (AvgIpc) is 3.06. The number of piperidine rings is 1. The standard InChI is InChI=1S/C24H46N4O2/c1-17(2)20(16-28-15-11-12-18(28)3)27(8)23(30)21(24(4,5)6)25-22(29)19-13-9-10-14-26(19)7/h17-21H,9-16H2,1-8H3,(H,25,29)/t18-,19-,20-,21?/m1/s1. The van der Waals surface area contributed by atoms with E-state index >= 15 is 0 Å². The number of hydrogen-bond donors (Lipinski definition) is 1. The molecule has 2 heterocycles. The van der Waals surface area contributed by atoms with Crippen molar-refractivity contribution in [3.8, 4) is 0 Å². The molecule has 2 amide bonds. The summed E-state index contributed by atoms with van der Waals surface area (Å²) in [7, 11) is 3.93. The van der Waals surface area contributed by atoms with Crippen LogP contribution in [0.25, 0.3) is 0 Å². The van der Waals surface area contributed by atoms with Gasteiger partial charge in [-0.2, -0.15) is 0 Å². The second-order valence-corrected chi connectivity index (χ2v) is 11.0. The SMILES string of the molecule is CC(C)[C@@H](CN1CCC[C@H]1C)N(C)C(=O)C(NC(=O)[C@H]1CCCCN1C)C(C)(C)C. The van der Waals surface area contributed by atoms with Gasteiger partial charge < -0.3 is 10.2 Å². The highest BCUT2D eigenvalue weighted by Crippen LogP contribution is 2.26. The molecule has 0 spiro atoms. The Bertz CT molecular complexity index is 586. The van der Waals surface area contributed by atoms with Crippen LogP contribution in [-0.2, 0) is 9.59 Å². The van der Waals surface area contributed by atoms with Crippen LogP contribution in [0.4, 0.5) is 0 Å². The third-order valence-corrected chi connectivity index (χ3v) is 7.20. The Labute approximate surface area is 184 Å². The summed E-state index contributed by atoms with van der Waals surface area (Å²) in [6.07, 6.45) is 5.54. The van der Waals surface area contributed by atoms with Crippen LogP contribution in [-0.4, -0.2) is 84.4 Å². The third-order valence-electron chi connectivity index (χ3n) is 7.20. The zero-order valence-electron chi connectivity index (χ0n) is 20.7. The number of nitrogens with one attached hydrogen (secondary N) is 1. The van der Waals surface area contributed by atoms with Crippen LogP contribution in [0.2, 0.25) is 0 Å². The van der Waals surface area contributed by atoms with Crippen LogP contribution in [0.3, 0.4) is 0 Å². The highest BCUT2D eigenvalue weighted by atomic mass is 16.2. The molecule has 0 aromatic heterocycles. The Morgan fingerprint density at radius 1 is 1.10 bits per heavy atom. The normalized spacial score (nSPS) is 25.9. The van der Waals surface area contributed by atoms with Crippen LogP contribution >= 0.6 is 0 Å². The first-order valence-corrected chi connectivity index (χ1v) is 11.9. The Kier molecular flexibility index (Phi) is 8.75. The summed E-state index contributed by atoms with van der Waals surface area (Å²) in [6.45, 7) is 15.7. The molecule has 2 aliphatic rings. The van der Waals surface area contributed by atoms with Crippen molar-refractivity contribution in [1.82, 2.24) is 20.0 Å². The van der Waals surface area contributed by atoms with Crippen molar-refractivity contribution in [3.63, 3.8) is 0 Å². The van der Waals surface area contributed by atoms with E-state index in [1.54, 1.807) is 0 Å². The summed E-state index contributed by atoms with van der Waals surface area (Å²) in [5, 5.41) is 3.15. The molecule has 1 unspecified atom stereocenters. The minimum atomic E-state index is -0.525. The monoisotopic (exact) mass is 422 g/mol. The van der Waals surface area contributed by atoms with Crippen molar-refractivity contribution in [2.45, 2.75) is 97.8 Å². The van der Waals surface area contributed by atoms with Gasteiger partial charge in [0.05, 0.1) is 6.04 Å². The molecule has 2 aliphatic heterocycles. The number of rotatable bonds is 7. The predicted octanol–water partition coefficient (Wildman–Crippen LogP) is 2.97. The third kappa shape index (κ3) is 6.19. The summed E-state index contributed by atoms with van der Waals surface area (Å²) in [5.74, 6) is 0.376. The second-order valence-electron chi connectivity index (χ2n) is 11.0. The highest BCUT2D eigenvalue weighted by molar-refractivity contribution is 5.90. The summed E-state index contributed by atoms with van der Waals surface area (Å²) >= 11 is 0. The predicted molar refractivity (Wildman–Crippen MR) is 123 cm³/mol. The van der Waals surface area contributed by atoms with E-state index in [0.29, 0.717) is 12.0 Å². The van der Waals surface area contributed by atoms with E-state index in [-0.39, 0.29) is 29.3 Å². The summed E-state index contributed by atoms with van der Waals surface area (Å²) < 4.78 is 0. The van der Waals surface area contributed by atoms with Gasteiger partial charge in [0.25, 0.3) is 0 Å². The van der Waals surface area contributed by atoms with Crippen molar-refractivity contribution in [2.24, 2.45) is 11.3 Å². The van der Waals surface area contributed by atoms with E-state index in [0.717, 1.165) is 38.9 Å². The van der Waals surface area contributed by atoms with E-state index in [1.165, 1.54) is 12.8 Å². The first-order chi connectivity index (χ1) is 13.9. The van der Waals surface area contributed by atoms with Crippen LogP contribution in [0.15, 0.2) is 0 Å². The molecule has 1 N–H and O–H groups in total. The van der Waals surface area contributed by atoms with Gasteiger partial charge in [0, 0.05) is 25.7 Å². The number of likely N-dealkylation sites (tertiary alicyclic amines) is 2. The minimum Gasteiger partial charge on any atom is -0.342 e. The van der Waals surface area contributed by atoms with Gasteiger partial charge in [0.1, 0.15) is 6.04 Å². The molecule has 2 rings (SSSR count). The van der Waals surface area contributed by atoms with E-state index in [2.05, 4.69) is 35.9 Å². The van der Waals surface area contributed by atoms with Crippen molar-refractivity contribution in [2.75, 3.05) is 33.7 Å². The smallest absolute Gasteiger partial charge is 0.245 e. The Morgan fingerprint density at radius 2 is 1.77 bits per heavy atom. The average molecular weight is 423 g/mol. The molecule has 6 nitrogen and oxygen atoms in total. The van der Waals surface area contributed by atoms with E-state index in [4.69, 9.17) is 0 Å². The number of nitrogens with zero attached hydrogens (tertiary/aromatic N) is 3. The molecule has 0 radical (unpaired) electrons. The van der Waals surface area contributed by atoms with Crippen LogP contribution < -0.4 is 5.32 Å². The van der Waals surface area contributed by atoms with Gasteiger partial charge >= 0.3 is 0 Å². The van der Waals surface area contributed by atoms with E-state index < -0.39 is 6.04 Å². The molecular formula is C24H46N4O2. The number of carbonyl (C=O) groups excluding carboxylic acids is 2. The molecule has 30 heavy (non-hydrogen) atoms. The number of hydrogen-bond acceptors (Lipinski definition) is 4. The largest absolute Gasteiger partial charge is 0.342 e. The first kappa shape index (κ1) is 25.1. The van der Waals surface area contributed by atoms with Crippen molar-refractivity contribution < 1.29 is 9.59 Å². The second kappa shape index (κ2) is 10.4. The van der Waals surface area contributed by atoms with Crippen LogP contribution in [0.5, 0.6) is 0 Å². The molecule has 2 saturated heterocycles. The van der Waals surface area contributed by atoms with Crippen molar-refractivity contribution in [1.29, 1.82) is 0 Å². The number of likely N-dealkylation sites (N-methyl/N-ethyl adjacent to an activating group) is 2. The molecule has 0 aromatic carbocycles. The van der Waals surface area contributed by atoms with Crippen LogP contribution in [0, 0.1) is 11.3 Å². The zero-order valence-corrected chi connectivity index (χ0v) is 20.7. The Morgan fingerprint density at radius 3 is 2.27 bits per heavy atom. The summed E-state index contributed by atoms with van der Waals surface area (Å²) in [6, 6.07) is 0.0579. The lowest BCUT2D eigenvalue weighted by Crippen LogP contribution is -2.60. The van der Waals surface area contributed by atoms with E-state index in [9.17, 15) is 9.59 Å². The summed E-state index contributed by atoms with van der Waals surface area (Å²) in [4.78, 5) is 33.3. The Balaban J connectivity index is 2.14. The van der Waals surface area contributed by atoms with Gasteiger partial charge in [-0.3, -0.25) is 19.4 Å². The molecule has 4 atom stereocenters. The van der Waals surface area contributed by atoms with Gasteiger partial charge in [0.2, 0.25) is 11.8 Å². The first-order valence-electron chi connectivity index (χ1n) is 11.9. The van der Waals surface area contributed by atoms with Crippen molar-refractivity contribution in [3.05, 3.63) is 0 Å². The molecule has 6 heteroatoms. The molecule has 0 bridgehead atoms. The number of amides is 2. The minimum absolute atomic E-state index is 0.00635. The van der Waals surface area contributed by atoms with Gasteiger partial charge in [0.15, 0.2) is 0 Å². The molecule has 0 aromatic rings. The van der Waals surface area contributed by atoms with Gasteiger partial charge in [-0.25, -0.2) is 0 Å². The quantitative estimate of drug-likeness (QED) is 0.685. The summed E-state index contributed by atoms with van der Waals surface area (Å²) in [5.41, 5.74) is -0.350. The zero-order chi connectivity index (χ0) is 22.6. The maximum absolute atomic E-state index is 13.7. The topological polar surface area (TPSA) is 55.9 Å². The maximum atomic E-state index is 13.7. The van der Waals surface area contributed by atoms with Gasteiger partial charge in [-0.15, -0.1) is 0 Å². The van der Waals surface area contributed by atoms with Gasteiger partial charge in [-0.1, -0.05) is 41.0 Å². The highest BCUT2D eigenvalue weighted by Gasteiger charge is 2.39. The lowest BCUT2D eigenvalue weighted by atomic mass is 9.84. The fraction of sp³-hybridized carbons (Fsp3) is 0.917. The number of carbonyl (C=O) groups is 2. The lowest BCUT2D eigenvalue weighted by molar-refractivity contribution is -0.142. The molecule has 0 aliphatic carbocycles. The fourth-order valence-electron chi connectivity index (χ4n) is 4.95.